The quantitative estimate of drug-likeness (QED) is 0.216. The molecule has 0 N–H and O–H groups in total. The van der Waals surface area contributed by atoms with Gasteiger partial charge in [0.2, 0.25) is 0 Å². The highest BCUT2D eigenvalue weighted by molar-refractivity contribution is 6.31. The SMILES string of the molecule is CN1C(=O)c2c(c3c4ccccc4n(C)c3c3c2c2ccccc2n3C2OCC(C)(C)C(C)(C)C2(C)C)C1(C)C. The summed E-state index contributed by atoms with van der Waals surface area (Å²) < 4.78 is 11.7. The molecule has 1 unspecified atom stereocenters. The first-order chi connectivity index (χ1) is 18.7. The highest BCUT2D eigenvalue weighted by Gasteiger charge is 2.57. The van der Waals surface area contributed by atoms with Gasteiger partial charge in [-0.2, -0.15) is 0 Å². The first kappa shape index (κ1) is 25.6. The number of para-hydroxylation sites is 2. The number of nitrogens with zero attached hydrogens (tertiary/aromatic N) is 3. The molecule has 0 bridgehead atoms. The molecule has 5 heteroatoms. The standard InChI is InChI=1S/C35H41N3O2/c1-32(2)19-40-31(33(3,4)35(32,7)8)38-23-18-14-12-16-21(23)24-26-27(34(5,6)37(10)30(26)39)25-20-15-11-13-17-22(20)36(9)28(25)29(24)38/h11-18,31H,19H2,1-10H3. The fraction of sp³-hybridized carbons (Fsp3) is 0.457. The number of fused-ring (bicyclic) bond motifs is 10. The van der Waals surface area contributed by atoms with Crippen LogP contribution < -0.4 is 0 Å². The van der Waals surface area contributed by atoms with E-state index in [9.17, 15) is 4.79 Å². The number of hydrogen-bond acceptors (Lipinski definition) is 2. The van der Waals surface area contributed by atoms with Gasteiger partial charge in [-0.1, -0.05) is 77.9 Å². The van der Waals surface area contributed by atoms with Gasteiger partial charge in [0, 0.05) is 52.1 Å². The summed E-state index contributed by atoms with van der Waals surface area (Å²) in [5.74, 6) is 0.0908. The van der Waals surface area contributed by atoms with Crippen LogP contribution in [0.2, 0.25) is 0 Å². The molecule has 2 aliphatic rings. The molecular formula is C35H41N3O2. The molecule has 2 aromatic heterocycles. The molecule has 5 aromatic rings. The number of benzene rings is 3. The second-order valence-corrected chi connectivity index (χ2v) is 14.5. The highest BCUT2D eigenvalue weighted by Crippen LogP contribution is 2.62. The number of carbonyl (C=O) groups excluding carboxylic acids is 1. The first-order valence-corrected chi connectivity index (χ1v) is 14.5. The first-order valence-electron chi connectivity index (χ1n) is 14.5. The van der Waals surface area contributed by atoms with E-state index in [1.807, 2.05) is 11.9 Å². The van der Waals surface area contributed by atoms with E-state index in [4.69, 9.17) is 4.74 Å². The zero-order valence-electron chi connectivity index (χ0n) is 25.6. The fourth-order valence-electron chi connectivity index (χ4n) is 7.84. The van der Waals surface area contributed by atoms with E-state index < -0.39 is 5.54 Å². The Morgan fingerprint density at radius 2 is 1.35 bits per heavy atom. The van der Waals surface area contributed by atoms with Gasteiger partial charge >= 0.3 is 0 Å². The smallest absolute Gasteiger partial charge is 0.255 e. The number of hydrogen-bond donors (Lipinski definition) is 0. The van der Waals surface area contributed by atoms with Crippen molar-refractivity contribution < 1.29 is 9.53 Å². The van der Waals surface area contributed by atoms with Crippen molar-refractivity contribution in [1.29, 1.82) is 0 Å². The van der Waals surface area contributed by atoms with Crippen molar-refractivity contribution in [2.75, 3.05) is 13.7 Å². The average molecular weight is 536 g/mol. The number of aromatic nitrogens is 2. The summed E-state index contributed by atoms with van der Waals surface area (Å²) in [4.78, 5) is 16.2. The van der Waals surface area contributed by atoms with Crippen LogP contribution in [0.1, 0.15) is 77.5 Å². The van der Waals surface area contributed by atoms with Crippen molar-refractivity contribution in [2.24, 2.45) is 23.3 Å². The molecule has 0 spiro atoms. The minimum atomic E-state index is -0.446. The molecule has 3 aromatic carbocycles. The van der Waals surface area contributed by atoms with E-state index in [2.05, 4.69) is 120 Å². The zero-order valence-corrected chi connectivity index (χ0v) is 25.6. The summed E-state index contributed by atoms with van der Waals surface area (Å²) in [5.41, 5.74) is 5.86. The number of rotatable bonds is 1. The largest absolute Gasteiger partial charge is 0.357 e. The van der Waals surface area contributed by atoms with Crippen molar-refractivity contribution in [1.82, 2.24) is 14.0 Å². The van der Waals surface area contributed by atoms with Gasteiger partial charge in [-0.3, -0.25) is 4.79 Å². The van der Waals surface area contributed by atoms with Crippen LogP contribution >= 0.6 is 0 Å². The molecule has 1 fully saturated rings. The number of aryl methyl sites for hydroxylation is 1. The van der Waals surface area contributed by atoms with Crippen LogP contribution in [0.3, 0.4) is 0 Å². The molecule has 1 atom stereocenters. The molecule has 0 aliphatic carbocycles. The van der Waals surface area contributed by atoms with Gasteiger partial charge in [-0.05, 0) is 36.8 Å². The Morgan fingerprint density at radius 1 is 0.775 bits per heavy atom. The van der Waals surface area contributed by atoms with Crippen molar-refractivity contribution in [3.05, 3.63) is 59.7 Å². The number of amides is 1. The van der Waals surface area contributed by atoms with Gasteiger partial charge in [0.15, 0.2) is 0 Å². The molecule has 7 rings (SSSR count). The van der Waals surface area contributed by atoms with Crippen LogP contribution in [0.4, 0.5) is 0 Å². The van der Waals surface area contributed by atoms with Gasteiger partial charge in [0.05, 0.1) is 34.3 Å². The predicted molar refractivity (Wildman–Crippen MR) is 165 cm³/mol. The topological polar surface area (TPSA) is 39.4 Å². The van der Waals surface area contributed by atoms with Gasteiger partial charge in [-0.15, -0.1) is 0 Å². The lowest BCUT2D eigenvalue weighted by Crippen LogP contribution is -2.56. The maximum absolute atomic E-state index is 14.2. The Balaban J connectivity index is 1.77. The summed E-state index contributed by atoms with van der Waals surface area (Å²) in [7, 11) is 4.12. The second kappa shape index (κ2) is 7.50. The summed E-state index contributed by atoms with van der Waals surface area (Å²) >= 11 is 0. The third-order valence-corrected chi connectivity index (χ3v) is 11.7. The molecule has 40 heavy (non-hydrogen) atoms. The lowest BCUT2D eigenvalue weighted by Gasteiger charge is -2.59. The normalized spacial score (nSPS) is 23.1. The van der Waals surface area contributed by atoms with Crippen molar-refractivity contribution in [3.8, 4) is 0 Å². The zero-order chi connectivity index (χ0) is 28.7. The van der Waals surface area contributed by atoms with Crippen molar-refractivity contribution in [2.45, 2.75) is 67.2 Å². The molecule has 2 aliphatic heterocycles. The van der Waals surface area contributed by atoms with Crippen molar-refractivity contribution in [3.63, 3.8) is 0 Å². The van der Waals surface area contributed by atoms with E-state index in [1.165, 1.54) is 21.8 Å². The van der Waals surface area contributed by atoms with Crippen molar-refractivity contribution >= 4 is 49.5 Å². The Labute approximate surface area is 236 Å². The van der Waals surface area contributed by atoms with E-state index in [1.54, 1.807) is 0 Å². The fourth-order valence-corrected chi connectivity index (χ4v) is 7.84. The summed E-state index contributed by atoms with van der Waals surface area (Å²) in [6.45, 7) is 19.2. The Morgan fingerprint density at radius 3 is 2.00 bits per heavy atom. The van der Waals surface area contributed by atoms with E-state index >= 15 is 0 Å². The third kappa shape index (κ3) is 2.70. The summed E-state index contributed by atoms with van der Waals surface area (Å²) in [6, 6.07) is 17.2. The van der Waals surface area contributed by atoms with E-state index in [0.29, 0.717) is 6.61 Å². The molecule has 0 saturated carbocycles. The van der Waals surface area contributed by atoms with Crippen LogP contribution in [0.5, 0.6) is 0 Å². The van der Waals surface area contributed by atoms with Gasteiger partial charge in [-0.25, -0.2) is 0 Å². The maximum Gasteiger partial charge on any atom is 0.255 e. The Kier molecular flexibility index (Phi) is 4.81. The van der Waals surface area contributed by atoms with Gasteiger partial charge < -0.3 is 18.8 Å². The molecule has 1 saturated heterocycles. The highest BCUT2D eigenvalue weighted by atomic mass is 16.5. The molecule has 208 valence electrons. The van der Waals surface area contributed by atoms with Gasteiger partial charge in [0.25, 0.3) is 5.91 Å². The second-order valence-electron chi connectivity index (χ2n) is 14.5. The van der Waals surface area contributed by atoms with Crippen LogP contribution in [0.15, 0.2) is 48.5 Å². The molecule has 4 heterocycles. The minimum Gasteiger partial charge on any atom is -0.357 e. The minimum absolute atomic E-state index is 0.00465. The molecule has 0 radical (unpaired) electrons. The predicted octanol–water partition coefficient (Wildman–Crippen LogP) is 8.37. The summed E-state index contributed by atoms with van der Waals surface area (Å²) in [5, 5.41) is 4.54. The number of carbonyl (C=O) groups is 1. The average Bonchev–Trinajstić information content (AvgIpc) is 3.44. The van der Waals surface area contributed by atoms with Crippen LogP contribution in [-0.4, -0.2) is 33.6 Å². The van der Waals surface area contributed by atoms with E-state index in [0.717, 1.165) is 32.9 Å². The monoisotopic (exact) mass is 535 g/mol. The third-order valence-electron chi connectivity index (χ3n) is 11.7. The van der Waals surface area contributed by atoms with Gasteiger partial charge in [0.1, 0.15) is 6.23 Å². The molecule has 1 amide bonds. The Bertz CT molecular complexity index is 1910. The summed E-state index contributed by atoms with van der Waals surface area (Å²) in [6.07, 6.45) is -0.209. The lowest BCUT2D eigenvalue weighted by molar-refractivity contribution is -0.234. The number of ether oxygens (including phenoxy) is 1. The lowest BCUT2D eigenvalue weighted by atomic mass is 9.53. The molecular weight excluding hydrogens is 494 g/mol. The molecule has 5 nitrogen and oxygen atoms in total. The van der Waals surface area contributed by atoms with E-state index in [-0.39, 0.29) is 28.4 Å². The Hall–Kier alpha value is -3.31. The van der Waals surface area contributed by atoms with Crippen LogP contribution in [-0.2, 0) is 17.3 Å². The van der Waals surface area contributed by atoms with Crippen LogP contribution in [0, 0.1) is 16.2 Å². The van der Waals surface area contributed by atoms with Crippen LogP contribution in [0.25, 0.3) is 43.6 Å². The maximum atomic E-state index is 14.2.